The summed E-state index contributed by atoms with van der Waals surface area (Å²) < 4.78 is 4.66. The standard InChI is InChI=1S/C13H13ClN2O4/c1-2-20-13(19)11(18)10(17)7-3-4-8-9(5-7)15-6-16-12(8)14/h3-6,10-11,17-18H,2H2,1H3. The van der Waals surface area contributed by atoms with Gasteiger partial charge in [-0.25, -0.2) is 14.8 Å². The summed E-state index contributed by atoms with van der Waals surface area (Å²) in [5.41, 5.74) is 0.852. The number of fused-ring (bicyclic) bond motifs is 1. The molecule has 2 unspecified atom stereocenters. The van der Waals surface area contributed by atoms with E-state index >= 15 is 0 Å². The van der Waals surface area contributed by atoms with E-state index in [1.807, 2.05) is 0 Å². The lowest BCUT2D eigenvalue weighted by molar-refractivity contribution is -0.159. The Morgan fingerprint density at radius 1 is 1.40 bits per heavy atom. The van der Waals surface area contributed by atoms with Crippen molar-refractivity contribution < 1.29 is 19.7 Å². The zero-order valence-electron chi connectivity index (χ0n) is 10.7. The van der Waals surface area contributed by atoms with Gasteiger partial charge in [0.1, 0.15) is 17.6 Å². The van der Waals surface area contributed by atoms with E-state index < -0.39 is 18.2 Å². The Kier molecular flexibility index (Phi) is 4.49. The zero-order valence-corrected chi connectivity index (χ0v) is 11.4. The van der Waals surface area contributed by atoms with Gasteiger partial charge >= 0.3 is 5.97 Å². The summed E-state index contributed by atoms with van der Waals surface area (Å²) in [4.78, 5) is 19.3. The summed E-state index contributed by atoms with van der Waals surface area (Å²) in [6.45, 7) is 1.75. The predicted molar refractivity (Wildman–Crippen MR) is 72.1 cm³/mol. The van der Waals surface area contributed by atoms with Gasteiger partial charge in [0.25, 0.3) is 0 Å². The van der Waals surface area contributed by atoms with Gasteiger partial charge in [-0.1, -0.05) is 17.7 Å². The monoisotopic (exact) mass is 296 g/mol. The van der Waals surface area contributed by atoms with E-state index in [2.05, 4.69) is 14.7 Å². The van der Waals surface area contributed by atoms with Gasteiger partial charge in [-0.3, -0.25) is 0 Å². The molecule has 0 amide bonds. The highest BCUT2D eigenvalue weighted by molar-refractivity contribution is 6.34. The van der Waals surface area contributed by atoms with Crippen molar-refractivity contribution >= 4 is 28.5 Å². The molecule has 0 aliphatic carbocycles. The SMILES string of the molecule is CCOC(=O)C(O)C(O)c1ccc2c(Cl)ncnc2c1. The van der Waals surface area contributed by atoms with Gasteiger partial charge in [-0.2, -0.15) is 0 Å². The van der Waals surface area contributed by atoms with E-state index in [1.165, 1.54) is 12.4 Å². The predicted octanol–water partition coefficient (Wildman–Crippen LogP) is 1.24. The zero-order chi connectivity index (χ0) is 14.7. The molecule has 1 heterocycles. The molecule has 0 aliphatic rings. The Hall–Kier alpha value is -1.76. The van der Waals surface area contributed by atoms with E-state index in [1.54, 1.807) is 19.1 Å². The van der Waals surface area contributed by atoms with Gasteiger partial charge in [-0.05, 0) is 24.6 Å². The van der Waals surface area contributed by atoms with Crippen molar-refractivity contribution in [2.24, 2.45) is 0 Å². The average molecular weight is 297 g/mol. The molecule has 2 N–H and O–H groups in total. The molecule has 1 aromatic carbocycles. The molecule has 20 heavy (non-hydrogen) atoms. The maximum Gasteiger partial charge on any atom is 0.338 e. The highest BCUT2D eigenvalue weighted by atomic mass is 35.5. The van der Waals surface area contributed by atoms with Crippen molar-refractivity contribution in [3.8, 4) is 0 Å². The van der Waals surface area contributed by atoms with Crippen LogP contribution in [0.5, 0.6) is 0 Å². The largest absolute Gasteiger partial charge is 0.464 e. The van der Waals surface area contributed by atoms with Crippen LogP contribution in [-0.2, 0) is 9.53 Å². The van der Waals surface area contributed by atoms with Crippen LogP contribution in [0.4, 0.5) is 0 Å². The Morgan fingerprint density at radius 2 is 2.15 bits per heavy atom. The van der Waals surface area contributed by atoms with Crippen LogP contribution in [0.25, 0.3) is 10.9 Å². The number of rotatable bonds is 4. The van der Waals surface area contributed by atoms with E-state index in [-0.39, 0.29) is 6.61 Å². The second-order valence-electron chi connectivity index (χ2n) is 4.08. The molecule has 0 spiro atoms. The third-order valence-corrected chi connectivity index (χ3v) is 3.08. The van der Waals surface area contributed by atoms with Gasteiger partial charge in [0, 0.05) is 5.39 Å². The third kappa shape index (κ3) is 2.87. The molecule has 2 aromatic rings. The average Bonchev–Trinajstić information content (AvgIpc) is 2.46. The highest BCUT2D eigenvalue weighted by Crippen LogP contribution is 2.25. The summed E-state index contributed by atoms with van der Waals surface area (Å²) in [6.07, 6.45) is -1.75. The molecule has 6 nitrogen and oxygen atoms in total. The Bertz CT molecular complexity index is 635. The molecule has 0 radical (unpaired) electrons. The van der Waals surface area contributed by atoms with E-state index in [9.17, 15) is 15.0 Å². The lowest BCUT2D eigenvalue weighted by atomic mass is 10.0. The number of esters is 1. The molecule has 0 bridgehead atoms. The number of aromatic nitrogens is 2. The summed E-state index contributed by atoms with van der Waals surface area (Å²) in [5, 5.41) is 20.6. The molecular weight excluding hydrogens is 284 g/mol. The highest BCUT2D eigenvalue weighted by Gasteiger charge is 2.27. The van der Waals surface area contributed by atoms with E-state index in [0.717, 1.165) is 0 Å². The number of ether oxygens (including phenoxy) is 1. The van der Waals surface area contributed by atoms with E-state index in [0.29, 0.717) is 21.6 Å². The van der Waals surface area contributed by atoms with Crippen molar-refractivity contribution in [2.75, 3.05) is 6.61 Å². The quantitative estimate of drug-likeness (QED) is 0.651. The van der Waals surface area contributed by atoms with Gasteiger partial charge in [0.2, 0.25) is 0 Å². The molecular formula is C13H13ClN2O4. The van der Waals surface area contributed by atoms with Gasteiger partial charge in [0.15, 0.2) is 6.10 Å². The first-order valence-corrected chi connectivity index (χ1v) is 6.35. The van der Waals surface area contributed by atoms with Crippen LogP contribution in [0, 0.1) is 0 Å². The fourth-order valence-electron chi connectivity index (χ4n) is 1.76. The van der Waals surface area contributed by atoms with Crippen molar-refractivity contribution in [2.45, 2.75) is 19.1 Å². The lowest BCUT2D eigenvalue weighted by Gasteiger charge is -2.17. The van der Waals surface area contributed by atoms with Crippen LogP contribution in [0.2, 0.25) is 5.15 Å². The second-order valence-corrected chi connectivity index (χ2v) is 4.44. The fraction of sp³-hybridized carbons (Fsp3) is 0.308. The van der Waals surface area contributed by atoms with Gasteiger partial charge in [-0.15, -0.1) is 0 Å². The smallest absolute Gasteiger partial charge is 0.338 e. The molecule has 0 saturated heterocycles. The fourth-order valence-corrected chi connectivity index (χ4v) is 1.97. The lowest BCUT2D eigenvalue weighted by Crippen LogP contribution is -2.29. The summed E-state index contributed by atoms with van der Waals surface area (Å²) in [7, 11) is 0. The summed E-state index contributed by atoms with van der Waals surface area (Å²) in [5.74, 6) is -0.874. The molecule has 2 atom stereocenters. The Morgan fingerprint density at radius 3 is 2.85 bits per heavy atom. The van der Waals surface area contributed by atoms with Crippen molar-refractivity contribution in [3.63, 3.8) is 0 Å². The maximum absolute atomic E-state index is 11.4. The van der Waals surface area contributed by atoms with Crippen LogP contribution in [-0.4, -0.2) is 38.9 Å². The van der Waals surface area contributed by atoms with Crippen LogP contribution in [0.15, 0.2) is 24.5 Å². The van der Waals surface area contributed by atoms with Crippen molar-refractivity contribution in [1.82, 2.24) is 9.97 Å². The molecule has 0 aliphatic heterocycles. The first-order valence-electron chi connectivity index (χ1n) is 5.97. The second kappa shape index (κ2) is 6.13. The number of nitrogens with zero attached hydrogens (tertiary/aromatic N) is 2. The van der Waals surface area contributed by atoms with Gasteiger partial charge < -0.3 is 14.9 Å². The number of aliphatic hydroxyl groups is 2. The topological polar surface area (TPSA) is 92.5 Å². The third-order valence-electron chi connectivity index (χ3n) is 2.78. The van der Waals surface area contributed by atoms with Crippen LogP contribution in [0.3, 0.4) is 0 Å². The number of hydrogen-bond donors (Lipinski definition) is 2. The molecule has 1 aromatic heterocycles. The molecule has 0 fully saturated rings. The normalized spacial score (nSPS) is 14.0. The summed E-state index contributed by atoms with van der Waals surface area (Å²) in [6, 6.07) is 4.70. The first-order chi connectivity index (χ1) is 9.54. The summed E-state index contributed by atoms with van der Waals surface area (Å²) >= 11 is 5.91. The Balaban J connectivity index is 2.31. The minimum absolute atomic E-state index is 0.128. The minimum atomic E-state index is -1.65. The van der Waals surface area contributed by atoms with Crippen LogP contribution < -0.4 is 0 Å². The van der Waals surface area contributed by atoms with Gasteiger partial charge in [0.05, 0.1) is 12.1 Å². The number of carbonyl (C=O) groups is 1. The van der Waals surface area contributed by atoms with Crippen molar-refractivity contribution in [1.29, 1.82) is 0 Å². The maximum atomic E-state index is 11.4. The molecule has 0 saturated carbocycles. The molecule has 7 heteroatoms. The number of hydrogen-bond acceptors (Lipinski definition) is 6. The van der Waals surface area contributed by atoms with Crippen LogP contribution in [0.1, 0.15) is 18.6 Å². The first kappa shape index (κ1) is 14.6. The number of benzene rings is 1. The number of aliphatic hydroxyl groups excluding tert-OH is 2. The van der Waals surface area contributed by atoms with Crippen molar-refractivity contribution in [3.05, 3.63) is 35.2 Å². The Labute approximate surface area is 120 Å². The molecule has 2 rings (SSSR count). The van der Waals surface area contributed by atoms with Crippen LogP contribution >= 0.6 is 11.6 Å². The van der Waals surface area contributed by atoms with E-state index in [4.69, 9.17) is 11.6 Å². The minimum Gasteiger partial charge on any atom is -0.464 e. The molecule has 106 valence electrons. The number of halogens is 1. The number of carbonyl (C=O) groups excluding carboxylic acids is 1.